The van der Waals surface area contributed by atoms with Crippen LogP contribution in [-0.2, 0) is 0 Å². The molecule has 2 aliphatic rings. The minimum Gasteiger partial charge on any atom is -0.477 e. The number of likely N-dealkylation sites (N-methyl/N-ethyl adjacent to an activating group) is 1. The monoisotopic (exact) mass is 577 g/mol. The molecule has 0 bridgehead atoms. The Hall–Kier alpha value is -3.88. The van der Waals surface area contributed by atoms with Gasteiger partial charge in [-0.05, 0) is 25.8 Å². The van der Waals surface area contributed by atoms with Crippen LogP contribution in [0.2, 0.25) is 0 Å². The average Bonchev–Trinajstić information content (AvgIpc) is 2.95. The second kappa shape index (κ2) is 13.2. The number of urea groups is 1. The maximum absolute atomic E-state index is 15.0. The van der Waals surface area contributed by atoms with Gasteiger partial charge in [-0.2, -0.15) is 4.98 Å². The number of carbonyl (C=O) groups excluding carboxylic acids is 2. The molecule has 224 valence electrons. The summed E-state index contributed by atoms with van der Waals surface area (Å²) in [4.78, 5) is 46.7. The van der Waals surface area contributed by atoms with Crippen LogP contribution in [0.1, 0.15) is 33.6 Å². The first-order chi connectivity index (χ1) is 19.6. The maximum Gasteiger partial charge on any atom is 0.414 e. The van der Waals surface area contributed by atoms with E-state index >= 15 is 0 Å². The molecule has 0 saturated carbocycles. The number of aromatic nitrogens is 4. The van der Waals surface area contributed by atoms with Crippen molar-refractivity contribution in [3.05, 3.63) is 24.7 Å². The molecule has 2 fully saturated rings. The number of anilines is 2. The summed E-state index contributed by atoms with van der Waals surface area (Å²) in [6, 6.07) is -0.853. The Morgan fingerprint density at radius 3 is 2.63 bits per heavy atom. The summed E-state index contributed by atoms with van der Waals surface area (Å²) in [5, 5.41) is 5.39. The zero-order valence-electron chi connectivity index (χ0n) is 23.7. The lowest BCUT2D eigenvalue weighted by atomic mass is 9.94. The number of hydrogen-bond donors (Lipinski definition) is 2. The number of hydrogen-bond acceptors (Lipinski definition) is 10. The second-order valence-electron chi connectivity index (χ2n) is 10.2. The van der Waals surface area contributed by atoms with Crippen molar-refractivity contribution in [2.45, 2.75) is 51.6 Å². The van der Waals surface area contributed by atoms with Crippen LogP contribution in [0.5, 0.6) is 11.8 Å². The predicted molar refractivity (Wildman–Crippen MR) is 146 cm³/mol. The van der Waals surface area contributed by atoms with Crippen molar-refractivity contribution < 1.29 is 27.8 Å². The van der Waals surface area contributed by atoms with E-state index in [1.165, 1.54) is 36.6 Å². The largest absolute Gasteiger partial charge is 0.477 e. The molecule has 4 heterocycles. The first-order valence-electron chi connectivity index (χ1n) is 13.7. The number of nitrogens with one attached hydrogen (secondary N) is 2. The molecular formula is C26H37F2N9O4. The van der Waals surface area contributed by atoms with Crippen LogP contribution in [-0.4, -0.2) is 106 Å². The van der Waals surface area contributed by atoms with Crippen molar-refractivity contribution in [2.24, 2.45) is 5.92 Å². The Morgan fingerprint density at radius 1 is 1.15 bits per heavy atom. The summed E-state index contributed by atoms with van der Waals surface area (Å²) in [7, 11) is 1.29. The summed E-state index contributed by atoms with van der Waals surface area (Å²) < 4.78 is 40.6. The molecule has 0 unspecified atom stereocenters. The molecule has 0 aliphatic carbocycles. The third-order valence-corrected chi connectivity index (χ3v) is 7.38. The molecule has 15 heteroatoms. The fraction of sp³-hybridized carbons (Fsp3) is 0.615. The highest BCUT2D eigenvalue weighted by molar-refractivity contribution is 5.88. The number of likely N-dealkylation sites (tertiary alicyclic amines) is 1. The highest BCUT2D eigenvalue weighted by atomic mass is 19.3. The fourth-order valence-corrected chi connectivity index (χ4v) is 4.97. The van der Waals surface area contributed by atoms with Crippen molar-refractivity contribution in [3.63, 3.8) is 0 Å². The topological polar surface area (TPSA) is 138 Å². The van der Waals surface area contributed by atoms with Crippen molar-refractivity contribution in [3.8, 4) is 11.8 Å². The van der Waals surface area contributed by atoms with E-state index in [9.17, 15) is 18.4 Å². The van der Waals surface area contributed by atoms with Gasteiger partial charge in [-0.3, -0.25) is 5.32 Å². The van der Waals surface area contributed by atoms with Crippen molar-refractivity contribution in [2.75, 3.05) is 56.6 Å². The van der Waals surface area contributed by atoms with Gasteiger partial charge in [0.05, 0.1) is 19.0 Å². The Bertz CT molecular complexity index is 1190. The smallest absolute Gasteiger partial charge is 0.414 e. The SMILES string of the molecule is CCOc1cnc(NC(=O)N(C)[C@H]2CN(c3nccc(OC(=O)N[C@@H]4CCN(CC)C[C@@H]4C)n3)CCC2(F)F)cn1. The molecule has 2 aromatic heterocycles. The first kappa shape index (κ1) is 30.1. The minimum atomic E-state index is -3.16. The van der Waals surface area contributed by atoms with Crippen LogP contribution >= 0.6 is 0 Å². The standard InChI is InChI=1S/C26H37F2N9O4/c1-5-36-11-8-18(17(3)15-36)32-25(39)41-21-7-10-29-23(34-21)37-12-9-26(27,28)19(16-37)35(4)24(38)33-20-13-31-22(14-30-20)40-6-2/h7,10,13-14,17-19H,5-6,8-9,11-12,15-16H2,1-4H3,(H,32,39)(H,30,33,38)/t17-,18+,19-/m0/s1. The van der Waals surface area contributed by atoms with E-state index in [1.807, 2.05) is 0 Å². The summed E-state index contributed by atoms with van der Waals surface area (Å²) in [5.74, 6) is -2.40. The number of ether oxygens (including phenoxy) is 2. The van der Waals surface area contributed by atoms with Crippen molar-refractivity contribution in [1.82, 2.24) is 35.1 Å². The lowest BCUT2D eigenvalue weighted by molar-refractivity contribution is -0.0760. The zero-order valence-corrected chi connectivity index (χ0v) is 23.7. The summed E-state index contributed by atoms with van der Waals surface area (Å²) >= 11 is 0. The Morgan fingerprint density at radius 2 is 1.95 bits per heavy atom. The Labute approximate surface area is 237 Å². The van der Waals surface area contributed by atoms with Crippen LogP contribution in [0.4, 0.5) is 30.1 Å². The van der Waals surface area contributed by atoms with Crippen LogP contribution in [0.15, 0.2) is 24.7 Å². The second-order valence-corrected chi connectivity index (χ2v) is 10.2. The molecule has 3 amide bonds. The van der Waals surface area contributed by atoms with E-state index < -0.39 is 30.5 Å². The number of rotatable bonds is 8. The Kier molecular flexibility index (Phi) is 9.68. The van der Waals surface area contributed by atoms with Crippen molar-refractivity contribution in [1.29, 1.82) is 0 Å². The lowest BCUT2D eigenvalue weighted by Gasteiger charge is -2.42. The number of carbonyl (C=O) groups is 2. The van der Waals surface area contributed by atoms with Gasteiger partial charge in [0.15, 0.2) is 5.82 Å². The van der Waals surface area contributed by atoms with Gasteiger partial charge in [0.25, 0.3) is 5.92 Å². The number of amides is 3. The third-order valence-electron chi connectivity index (χ3n) is 7.38. The zero-order chi connectivity index (χ0) is 29.6. The first-order valence-corrected chi connectivity index (χ1v) is 13.7. The molecule has 4 rings (SSSR count). The van der Waals surface area contributed by atoms with Crippen LogP contribution in [0.3, 0.4) is 0 Å². The molecule has 2 aromatic rings. The number of alkyl halides is 2. The van der Waals surface area contributed by atoms with Gasteiger partial charge >= 0.3 is 12.1 Å². The number of nitrogens with zero attached hydrogens (tertiary/aromatic N) is 7. The molecule has 0 radical (unpaired) electrons. The molecule has 0 aromatic carbocycles. The number of piperidine rings is 2. The van der Waals surface area contributed by atoms with E-state index in [0.29, 0.717) is 6.61 Å². The highest BCUT2D eigenvalue weighted by Crippen LogP contribution is 2.33. The van der Waals surface area contributed by atoms with E-state index in [4.69, 9.17) is 9.47 Å². The molecule has 2 saturated heterocycles. The van der Waals surface area contributed by atoms with E-state index in [1.54, 1.807) is 6.92 Å². The van der Waals surface area contributed by atoms with Gasteiger partial charge in [0, 0.05) is 58.0 Å². The third kappa shape index (κ3) is 7.65. The molecule has 2 N–H and O–H groups in total. The van der Waals surface area contributed by atoms with Gasteiger partial charge in [-0.25, -0.2) is 33.3 Å². The molecule has 0 spiro atoms. The van der Waals surface area contributed by atoms with Gasteiger partial charge in [0.1, 0.15) is 6.04 Å². The molecule has 2 aliphatic heterocycles. The quantitative estimate of drug-likeness (QED) is 0.482. The molecule has 3 atom stereocenters. The maximum atomic E-state index is 15.0. The Balaban J connectivity index is 1.37. The van der Waals surface area contributed by atoms with Crippen LogP contribution < -0.4 is 25.0 Å². The van der Waals surface area contributed by atoms with Crippen LogP contribution in [0, 0.1) is 5.92 Å². The summed E-state index contributed by atoms with van der Waals surface area (Å²) in [5.41, 5.74) is 0. The summed E-state index contributed by atoms with van der Waals surface area (Å²) in [6.45, 7) is 8.85. The van der Waals surface area contributed by atoms with Gasteiger partial charge in [-0.15, -0.1) is 0 Å². The van der Waals surface area contributed by atoms with E-state index in [0.717, 1.165) is 31.0 Å². The van der Waals surface area contributed by atoms with Crippen LogP contribution in [0.25, 0.3) is 0 Å². The highest BCUT2D eigenvalue weighted by Gasteiger charge is 2.48. The van der Waals surface area contributed by atoms with Crippen molar-refractivity contribution >= 4 is 23.9 Å². The molecule has 41 heavy (non-hydrogen) atoms. The molecular weight excluding hydrogens is 540 g/mol. The number of halogens is 2. The van der Waals surface area contributed by atoms with Gasteiger partial charge in [0.2, 0.25) is 17.7 Å². The lowest BCUT2D eigenvalue weighted by Crippen LogP contribution is -2.60. The minimum absolute atomic E-state index is 0.000187. The normalized spacial score (nSPS) is 22.5. The molecule has 13 nitrogen and oxygen atoms in total. The fourth-order valence-electron chi connectivity index (χ4n) is 4.97. The van der Waals surface area contributed by atoms with E-state index in [-0.39, 0.29) is 48.6 Å². The van der Waals surface area contributed by atoms with Gasteiger partial charge < -0.3 is 29.5 Å². The van der Waals surface area contributed by atoms with Gasteiger partial charge in [-0.1, -0.05) is 13.8 Å². The predicted octanol–water partition coefficient (Wildman–Crippen LogP) is 2.86. The average molecular weight is 578 g/mol. The van der Waals surface area contributed by atoms with E-state index in [2.05, 4.69) is 49.3 Å². The summed E-state index contributed by atoms with van der Waals surface area (Å²) in [6.07, 6.45) is 3.67.